The third-order valence-electron chi connectivity index (χ3n) is 5.84. The monoisotopic (exact) mass is 606 g/mol. The normalized spacial score (nSPS) is 36.3. The molecular formula is C18H28N2O17P2. The van der Waals surface area contributed by atoms with Gasteiger partial charge in [0.15, 0.2) is 12.5 Å². The van der Waals surface area contributed by atoms with Gasteiger partial charge in [-0.1, -0.05) is 0 Å². The van der Waals surface area contributed by atoms with Gasteiger partial charge in [0, 0.05) is 24.6 Å². The van der Waals surface area contributed by atoms with Crippen molar-refractivity contribution in [3.05, 3.63) is 33.1 Å². The summed E-state index contributed by atoms with van der Waals surface area (Å²) in [6.45, 7) is -0.788. The molecule has 3 rings (SSSR count). The number of aliphatic hydroxyl groups excluding tert-OH is 5. The Labute approximate surface area is 218 Å². The van der Waals surface area contributed by atoms with E-state index < -0.39 is 107 Å². The van der Waals surface area contributed by atoms with Gasteiger partial charge in [-0.05, 0) is 6.92 Å². The highest BCUT2D eigenvalue weighted by Gasteiger charge is 2.50. The summed E-state index contributed by atoms with van der Waals surface area (Å²) in [4.78, 5) is 56.6. The van der Waals surface area contributed by atoms with Gasteiger partial charge in [0.1, 0.15) is 36.3 Å². The van der Waals surface area contributed by atoms with E-state index in [0.717, 1.165) is 23.8 Å². The molecule has 0 radical (unpaired) electrons. The quantitative estimate of drug-likeness (QED) is 0.113. The molecule has 2 saturated heterocycles. The molecule has 3 heterocycles. The van der Waals surface area contributed by atoms with Crippen molar-refractivity contribution in [1.82, 2.24) is 9.55 Å². The van der Waals surface area contributed by atoms with Crippen molar-refractivity contribution in [2.45, 2.75) is 62.5 Å². The van der Waals surface area contributed by atoms with Crippen LogP contribution in [0.2, 0.25) is 0 Å². The van der Waals surface area contributed by atoms with Crippen LogP contribution in [0.15, 0.2) is 21.9 Å². The summed E-state index contributed by atoms with van der Waals surface area (Å²) < 4.78 is 49.4. The molecule has 0 aromatic carbocycles. The maximum atomic E-state index is 12.5. The first kappa shape index (κ1) is 31.9. The minimum Gasteiger partial charge on any atom is -0.394 e. The van der Waals surface area contributed by atoms with Gasteiger partial charge in [-0.15, -0.1) is 0 Å². The molecule has 0 saturated carbocycles. The number of ketones is 1. The number of Topliss-reactive ketones (excluding diaryl/α,β-unsaturated/α-hetero) is 1. The minimum absolute atomic E-state index is 0.521. The van der Waals surface area contributed by atoms with Crippen LogP contribution in [-0.4, -0.2) is 107 Å². The van der Waals surface area contributed by atoms with E-state index in [2.05, 4.69) is 8.83 Å². The van der Waals surface area contributed by atoms with Crippen molar-refractivity contribution in [1.29, 1.82) is 0 Å². The second kappa shape index (κ2) is 12.5. The lowest BCUT2D eigenvalue weighted by Gasteiger charge is -2.41. The van der Waals surface area contributed by atoms with E-state index in [0.29, 0.717) is 0 Å². The number of carbonyl (C=O) groups excluding carboxylic acids is 1. The van der Waals surface area contributed by atoms with E-state index in [9.17, 15) is 58.8 Å². The van der Waals surface area contributed by atoms with Crippen LogP contribution in [0.1, 0.15) is 19.6 Å². The zero-order chi connectivity index (χ0) is 29.3. The number of aromatic amines is 1. The van der Waals surface area contributed by atoms with Crippen molar-refractivity contribution in [2.75, 3.05) is 13.2 Å². The highest BCUT2D eigenvalue weighted by Crippen LogP contribution is 2.62. The first-order valence-electron chi connectivity index (χ1n) is 11.2. The average Bonchev–Trinajstić information content (AvgIpc) is 3.10. The predicted octanol–water partition coefficient (Wildman–Crippen LogP) is -3.56. The molecule has 21 heteroatoms. The van der Waals surface area contributed by atoms with Crippen LogP contribution in [0.4, 0.5) is 0 Å². The van der Waals surface area contributed by atoms with E-state index in [4.69, 9.17) is 14.0 Å². The Morgan fingerprint density at radius 3 is 2.26 bits per heavy atom. The molecule has 2 fully saturated rings. The standard InChI is InChI=1S/C18H28N2O17P2/c1-7(22)4-8-12(24)13(25)9(5-21)35-17(8)36-39(31,32)37-38(29,30)33-6-10-14(26)15(27)16(34-10)20-3-2-11(23)19-18(20)28/h2-3,8-10,12-17,21,24-27H,4-6H2,1H3,(H,29,30)(H,31,32)(H,19,23,28)/t8?,9?,10-,12?,13?,14?,15+,16-,17?/m1/s1. The number of aromatic nitrogens is 2. The van der Waals surface area contributed by atoms with Crippen LogP contribution in [-0.2, 0) is 36.8 Å². The summed E-state index contributed by atoms with van der Waals surface area (Å²) in [6.07, 6.45) is -13.2. The van der Waals surface area contributed by atoms with Gasteiger partial charge in [-0.2, -0.15) is 4.31 Å². The van der Waals surface area contributed by atoms with Gasteiger partial charge in [0.2, 0.25) is 0 Å². The molecule has 222 valence electrons. The number of carbonyl (C=O) groups is 1. The molecule has 19 nitrogen and oxygen atoms in total. The fourth-order valence-corrected chi connectivity index (χ4v) is 6.18. The van der Waals surface area contributed by atoms with Crippen molar-refractivity contribution in [3.8, 4) is 0 Å². The number of rotatable bonds is 11. The van der Waals surface area contributed by atoms with E-state index in [1.165, 1.54) is 0 Å². The summed E-state index contributed by atoms with van der Waals surface area (Å²) in [5.74, 6) is -1.99. The van der Waals surface area contributed by atoms with Crippen molar-refractivity contribution in [3.63, 3.8) is 0 Å². The zero-order valence-electron chi connectivity index (χ0n) is 20.0. The first-order chi connectivity index (χ1) is 18.0. The fourth-order valence-electron chi connectivity index (χ4n) is 3.99. The predicted molar refractivity (Wildman–Crippen MR) is 122 cm³/mol. The molecule has 2 aliphatic heterocycles. The van der Waals surface area contributed by atoms with Crippen molar-refractivity contribution < 1.29 is 72.1 Å². The third kappa shape index (κ3) is 7.75. The van der Waals surface area contributed by atoms with E-state index in [1.54, 1.807) is 0 Å². The van der Waals surface area contributed by atoms with Gasteiger partial charge in [0.05, 0.1) is 19.3 Å². The summed E-state index contributed by atoms with van der Waals surface area (Å²) in [5.41, 5.74) is -1.74. The maximum Gasteiger partial charge on any atom is 0.483 e. The van der Waals surface area contributed by atoms with Crippen LogP contribution >= 0.6 is 15.6 Å². The number of H-pyrrole nitrogens is 1. The van der Waals surface area contributed by atoms with E-state index in [1.807, 2.05) is 4.98 Å². The number of hydrogen-bond acceptors (Lipinski definition) is 15. The van der Waals surface area contributed by atoms with Gasteiger partial charge >= 0.3 is 21.3 Å². The topological polar surface area (TPSA) is 294 Å². The molecule has 0 aliphatic carbocycles. The molecule has 8 N–H and O–H groups in total. The molecule has 0 spiro atoms. The lowest BCUT2D eigenvalue weighted by atomic mass is 9.87. The maximum absolute atomic E-state index is 12.5. The SMILES string of the molecule is CC(=O)CC1C(OP(=O)(O)OP(=O)(O)OC[C@H]2O[C@@H](n3ccc(=O)[nH]c3=O)[C@@H](O)C2O)OC(CO)C(O)C1O. The van der Waals surface area contributed by atoms with Gasteiger partial charge < -0.3 is 49.6 Å². The second-order valence-corrected chi connectivity index (χ2v) is 11.8. The zero-order valence-corrected chi connectivity index (χ0v) is 21.8. The number of phosphoric acid groups is 2. The Bertz CT molecular complexity index is 1240. The van der Waals surface area contributed by atoms with E-state index in [-0.39, 0.29) is 0 Å². The third-order valence-corrected chi connectivity index (χ3v) is 8.44. The van der Waals surface area contributed by atoms with Crippen LogP contribution in [0, 0.1) is 5.92 Å². The summed E-state index contributed by atoms with van der Waals surface area (Å²) in [7, 11) is -11.1. The lowest BCUT2D eigenvalue weighted by molar-refractivity contribution is -0.263. The van der Waals surface area contributed by atoms with Crippen molar-refractivity contribution >= 4 is 21.4 Å². The highest BCUT2D eigenvalue weighted by molar-refractivity contribution is 7.61. The van der Waals surface area contributed by atoms with Gasteiger partial charge in [-0.25, -0.2) is 13.9 Å². The summed E-state index contributed by atoms with van der Waals surface area (Å²) in [6, 6.07) is 0.932. The molecule has 0 bridgehead atoms. The molecule has 0 amide bonds. The number of hydrogen-bond donors (Lipinski definition) is 8. The molecule has 1 aromatic rings. The van der Waals surface area contributed by atoms with Crippen LogP contribution < -0.4 is 11.2 Å². The Morgan fingerprint density at radius 2 is 1.67 bits per heavy atom. The summed E-state index contributed by atoms with van der Waals surface area (Å²) in [5, 5.41) is 50.0. The number of nitrogens with one attached hydrogen (secondary N) is 1. The minimum atomic E-state index is -5.59. The smallest absolute Gasteiger partial charge is 0.394 e. The first-order valence-corrected chi connectivity index (χ1v) is 14.2. The Hall–Kier alpha value is -1.67. The Balaban J connectivity index is 1.66. The molecule has 1 aromatic heterocycles. The average molecular weight is 606 g/mol. The number of ether oxygens (including phenoxy) is 2. The lowest BCUT2D eigenvalue weighted by Crippen LogP contribution is -2.56. The second-order valence-electron chi connectivity index (χ2n) is 8.76. The largest absolute Gasteiger partial charge is 0.483 e. The van der Waals surface area contributed by atoms with Gasteiger partial charge in [0.25, 0.3) is 5.56 Å². The molecule has 39 heavy (non-hydrogen) atoms. The number of phosphoric ester groups is 2. The van der Waals surface area contributed by atoms with E-state index >= 15 is 0 Å². The Kier molecular flexibility index (Phi) is 10.2. The fraction of sp³-hybridized carbons (Fsp3) is 0.722. The van der Waals surface area contributed by atoms with Crippen LogP contribution in [0.25, 0.3) is 0 Å². The molecular weight excluding hydrogens is 578 g/mol. The molecule has 11 atom stereocenters. The molecule has 8 unspecified atom stereocenters. The van der Waals surface area contributed by atoms with Crippen molar-refractivity contribution in [2.24, 2.45) is 5.92 Å². The van der Waals surface area contributed by atoms with Crippen LogP contribution in [0.5, 0.6) is 0 Å². The Morgan fingerprint density at radius 1 is 1.03 bits per heavy atom. The number of nitrogens with zero attached hydrogens (tertiary/aromatic N) is 1. The highest BCUT2D eigenvalue weighted by atomic mass is 31.3. The number of aliphatic hydroxyl groups is 5. The van der Waals surface area contributed by atoms with Gasteiger partial charge in [-0.3, -0.25) is 23.4 Å². The molecule has 2 aliphatic rings. The summed E-state index contributed by atoms with van der Waals surface area (Å²) >= 11 is 0. The van der Waals surface area contributed by atoms with Crippen LogP contribution in [0.3, 0.4) is 0 Å².